The number of hydrogen-bond acceptors (Lipinski definition) is 6. The van der Waals surface area contributed by atoms with Gasteiger partial charge in [-0.3, -0.25) is 0 Å². The van der Waals surface area contributed by atoms with Gasteiger partial charge in [0.05, 0.1) is 22.1 Å². The highest BCUT2D eigenvalue weighted by Gasteiger charge is 2.13. The van der Waals surface area contributed by atoms with Crippen molar-refractivity contribution in [3.8, 4) is 0 Å². The maximum atomic E-state index is 11.2. The van der Waals surface area contributed by atoms with Crippen LogP contribution in [0.5, 0.6) is 0 Å². The van der Waals surface area contributed by atoms with Crippen molar-refractivity contribution in [1.29, 1.82) is 0 Å². The number of pyridine rings is 1. The number of anilines is 3. The molecule has 0 amide bonds. The van der Waals surface area contributed by atoms with E-state index in [-0.39, 0.29) is 11.4 Å². The molecule has 100 valence electrons. The Morgan fingerprint density at radius 3 is 2.90 bits per heavy atom. The summed E-state index contributed by atoms with van der Waals surface area (Å²) in [5, 5.41) is 12.7. The van der Waals surface area contributed by atoms with E-state index in [4.69, 9.17) is 10.8 Å². The van der Waals surface area contributed by atoms with Gasteiger partial charge in [-0.2, -0.15) is 0 Å². The highest BCUT2D eigenvalue weighted by molar-refractivity contribution is 7.22. The van der Waals surface area contributed by atoms with E-state index in [2.05, 4.69) is 15.3 Å². The normalized spacial score (nSPS) is 10.6. The second-order valence-corrected chi connectivity index (χ2v) is 5.11. The summed E-state index contributed by atoms with van der Waals surface area (Å²) in [5.74, 6) is -0.862. The molecule has 0 saturated carbocycles. The quantitative estimate of drug-likeness (QED) is 0.684. The van der Waals surface area contributed by atoms with Crippen molar-refractivity contribution >= 4 is 44.2 Å². The van der Waals surface area contributed by atoms with E-state index in [9.17, 15) is 4.79 Å². The van der Waals surface area contributed by atoms with Gasteiger partial charge in [0.1, 0.15) is 11.4 Å². The molecular formula is C13H10N4O2S. The fourth-order valence-corrected chi connectivity index (χ4v) is 2.64. The highest BCUT2D eigenvalue weighted by atomic mass is 32.1. The third-order valence-electron chi connectivity index (χ3n) is 2.66. The topological polar surface area (TPSA) is 101 Å². The van der Waals surface area contributed by atoms with Gasteiger partial charge in [-0.25, -0.2) is 14.8 Å². The molecule has 0 fully saturated rings. The third kappa shape index (κ3) is 2.26. The number of hydrogen-bond donors (Lipinski definition) is 3. The first-order valence-corrected chi connectivity index (χ1v) is 6.56. The van der Waals surface area contributed by atoms with Crippen LogP contribution in [0.2, 0.25) is 0 Å². The molecule has 0 saturated heterocycles. The Labute approximate surface area is 117 Å². The summed E-state index contributed by atoms with van der Waals surface area (Å²) >= 11 is 1.43. The maximum absolute atomic E-state index is 11.2. The van der Waals surface area contributed by atoms with Gasteiger partial charge in [0.2, 0.25) is 0 Å². The van der Waals surface area contributed by atoms with Crippen LogP contribution in [0.1, 0.15) is 10.4 Å². The van der Waals surface area contributed by atoms with Crippen LogP contribution in [-0.4, -0.2) is 21.0 Å². The fourth-order valence-electron chi connectivity index (χ4n) is 1.77. The number of carboxylic acid groups (broad SMARTS) is 1. The number of aromatic carboxylic acids is 1. The van der Waals surface area contributed by atoms with Crippen molar-refractivity contribution < 1.29 is 9.90 Å². The standard InChI is InChI=1S/C13H10N4O2S/c14-7-5-8(12(18)19)11(15-6-7)17-13-16-9-3-1-2-4-10(9)20-13/h1-6H,14H2,(H,18,19)(H,15,16,17). The minimum atomic E-state index is -1.09. The molecule has 6 nitrogen and oxygen atoms in total. The predicted octanol–water partition coefficient (Wildman–Crippen LogP) is 2.72. The van der Waals surface area contributed by atoms with Crippen molar-refractivity contribution in [3.05, 3.63) is 42.1 Å². The van der Waals surface area contributed by atoms with Gasteiger partial charge < -0.3 is 16.2 Å². The summed E-state index contributed by atoms with van der Waals surface area (Å²) in [6, 6.07) is 9.04. The minimum absolute atomic E-state index is 0.0178. The maximum Gasteiger partial charge on any atom is 0.339 e. The van der Waals surface area contributed by atoms with Gasteiger partial charge in [0, 0.05) is 0 Å². The Morgan fingerprint density at radius 2 is 2.15 bits per heavy atom. The monoisotopic (exact) mass is 286 g/mol. The molecular weight excluding hydrogens is 276 g/mol. The summed E-state index contributed by atoms with van der Waals surface area (Å²) in [4.78, 5) is 19.6. The molecule has 7 heteroatoms. The lowest BCUT2D eigenvalue weighted by molar-refractivity contribution is 0.0697. The number of nitrogens with two attached hydrogens (primary N) is 1. The average molecular weight is 286 g/mol. The van der Waals surface area contributed by atoms with Crippen LogP contribution in [0, 0.1) is 0 Å². The summed E-state index contributed by atoms with van der Waals surface area (Å²) < 4.78 is 1.02. The van der Waals surface area contributed by atoms with Crippen LogP contribution >= 0.6 is 11.3 Å². The number of aromatic nitrogens is 2. The van der Waals surface area contributed by atoms with E-state index in [0.29, 0.717) is 10.8 Å². The summed E-state index contributed by atoms with van der Waals surface area (Å²) in [6.07, 6.45) is 1.40. The van der Waals surface area contributed by atoms with Gasteiger partial charge >= 0.3 is 5.97 Å². The zero-order valence-electron chi connectivity index (χ0n) is 10.2. The van der Waals surface area contributed by atoms with Gasteiger partial charge in [0.15, 0.2) is 5.13 Å². The largest absolute Gasteiger partial charge is 0.478 e. The Hall–Kier alpha value is -2.67. The number of benzene rings is 1. The first kappa shape index (κ1) is 12.4. The van der Waals surface area contributed by atoms with Crippen LogP contribution in [0.15, 0.2) is 36.5 Å². The van der Waals surface area contributed by atoms with E-state index < -0.39 is 5.97 Å². The molecule has 4 N–H and O–H groups in total. The smallest absolute Gasteiger partial charge is 0.339 e. The number of nitrogens with zero attached hydrogens (tertiary/aromatic N) is 2. The lowest BCUT2D eigenvalue weighted by Crippen LogP contribution is -2.05. The Morgan fingerprint density at radius 1 is 1.35 bits per heavy atom. The fraction of sp³-hybridized carbons (Fsp3) is 0. The van der Waals surface area contributed by atoms with Crippen molar-refractivity contribution in [2.45, 2.75) is 0 Å². The number of fused-ring (bicyclic) bond motifs is 1. The van der Waals surface area contributed by atoms with Crippen LogP contribution in [0.4, 0.5) is 16.6 Å². The molecule has 0 unspecified atom stereocenters. The molecule has 0 aliphatic carbocycles. The Balaban J connectivity index is 2.00. The molecule has 3 rings (SSSR count). The average Bonchev–Trinajstić information content (AvgIpc) is 2.82. The van der Waals surface area contributed by atoms with Crippen LogP contribution in [0.25, 0.3) is 10.2 Å². The molecule has 0 radical (unpaired) electrons. The second kappa shape index (κ2) is 4.78. The van der Waals surface area contributed by atoms with E-state index in [0.717, 1.165) is 10.2 Å². The summed E-state index contributed by atoms with van der Waals surface area (Å²) in [6.45, 7) is 0. The number of rotatable bonds is 3. The van der Waals surface area contributed by atoms with Crippen molar-refractivity contribution in [2.75, 3.05) is 11.1 Å². The van der Waals surface area contributed by atoms with Crippen LogP contribution < -0.4 is 11.1 Å². The Bertz CT molecular complexity index is 767. The molecule has 3 aromatic rings. The number of carboxylic acids is 1. The SMILES string of the molecule is Nc1cnc(Nc2nc3ccccc3s2)c(C(=O)O)c1. The summed E-state index contributed by atoms with van der Waals surface area (Å²) in [7, 11) is 0. The van der Waals surface area contributed by atoms with Crippen molar-refractivity contribution in [3.63, 3.8) is 0 Å². The molecule has 0 aliphatic rings. The molecule has 2 aromatic heterocycles. The minimum Gasteiger partial charge on any atom is -0.478 e. The van der Waals surface area contributed by atoms with Gasteiger partial charge in [-0.05, 0) is 18.2 Å². The molecule has 20 heavy (non-hydrogen) atoms. The number of nitrogen functional groups attached to an aromatic ring is 1. The summed E-state index contributed by atoms with van der Waals surface area (Å²) in [5.41, 5.74) is 6.73. The molecule has 2 heterocycles. The number of thiazole rings is 1. The third-order valence-corrected chi connectivity index (χ3v) is 3.61. The van der Waals surface area contributed by atoms with Gasteiger partial charge in [-0.1, -0.05) is 23.5 Å². The highest BCUT2D eigenvalue weighted by Crippen LogP contribution is 2.28. The molecule has 0 aliphatic heterocycles. The number of nitrogens with one attached hydrogen (secondary N) is 1. The molecule has 0 bridgehead atoms. The van der Waals surface area contributed by atoms with Crippen LogP contribution in [0.3, 0.4) is 0 Å². The van der Waals surface area contributed by atoms with Crippen molar-refractivity contribution in [1.82, 2.24) is 9.97 Å². The molecule has 0 atom stereocenters. The zero-order chi connectivity index (χ0) is 14.1. The van der Waals surface area contributed by atoms with Crippen LogP contribution in [-0.2, 0) is 0 Å². The lowest BCUT2D eigenvalue weighted by Gasteiger charge is -2.06. The lowest BCUT2D eigenvalue weighted by atomic mass is 10.2. The van der Waals surface area contributed by atoms with Gasteiger partial charge in [-0.15, -0.1) is 0 Å². The van der Waals surface area contributed by atoms with Crippen molar-refractivity contribution in [2.24, 2.45) is 0 Å². The van der Waals surface area contributed by atoms with E-state index >= 15 is 0 Å². The molecule has 1 aromatic carbocycles. The zero-order valence-corrected chi connectivity index (χ0v) is 11.0. The first-order valence-electron chi connectivity index (χ1n) is 5.75. The number of carbonyl (C=O) groups is 1. The molecule has 0 spiro atoms. The predicted molar refractivity (Wildman–Crippen MR) is 78.5 cm³/mol. The van der Waals surface area contributed by atoms with E-state index in [1.165, 1.54) is 23.6 Å². The number of para-hydroxylation sites is 1. The van der Waals surface area contributed by atoms with E-state index in [1.54, 1.807) is 0 Å². The van der Waals surface area contributed by atoms with Gasteiger partial charge in [0.25, 0.3) is 0 Å². The Kier molecular flexibility index (Phi) is 2.96. The second-order valence-electron chi connectivity index (χ2n) is 4.08. The first-order chi connectivity index (χ1) is 9.63. The van der Waals surface area contributed by atoms with E-state index in [1.807, 2.05) is 24.3 Å².